The second kappa shape index (κ2) is 23.0. The Morgan fingerprint density at radius 1 is 0.623 bits per heavy atom. The predicted molar refractivity (Wildman–Crippen MR) is 231 cm³/mol. The first-order valence-corrected chi connectivity index (χ1v) is 21.0. The molecule has 4 aromatic rings. The number of H-pyrrole nitrogens is 1. The van der Waals surface area contributed by atoms with Crippen LogP contribution in [0.4, 0.5) is 0 Å². The maximum atomic E-state index is 14.5. The molecule has 61 heavy (non-hydrogen) atoms. The second-order valence-electron chi connectivity index (χ2n) is 15.5. The van der Waals surface area contributed by atoms with Gasteiger partial charge in [-0.15, -0.1) is 0 Å². The summed E-state index contributed by atoms with van der Waals surface area (Å²) < 4.78 is 0. The summed E-state index contributed by atoms with van der Waals surface area (Å²) >= 11 is 0. The molecule has 6 atom stereocenters. The molecule has 0 saturated carbocycles. The molecule has 1 aliphatic heterocycles. The third-order valence-electron chi connectivity index (χ3n) is 10.7. The number of carbonyl (C=O) groups excluding carboxylic acids is 6. The molecule has 6 amide bonds. The van der Waals surface area contributed by atoms with Crippen molar-refractivity contribution in [3.63, 3.8) is 0 Å². The lowest BCUT2D eigenvalue weighted by Gasteiger charge is -2.31. The van der Waals surface area contributed by atoms with Gasteiger partial charge in [-0.1, -0.05) is 78.9 Å². The molecule has 0 bridgehead atoms. The topological polar surface area (TPSA) is 254 Å². The Bertz CT molecular complexity index is 2080. The molecule has 1 aromatic heterocycles. The molecular weight excluding hydrogens is 779 g/mol. The summed E-state index contributed by atoms with van der Waals surface area (Å²) in [5.41, 5.74) is 14.5. The second-order valence-corrected chi connectivity index (χ2v) is 15.5. The number of nitrogens with two attached hydrogens (primary N) is 2. The summed E-state index contributed by atoms with van der Waals surface area (Å²) in [6.07, 6.45) is 2.47. The van der Waals surface area contributed by atoms with Gasteiger partial charge in [0.1, 0.15) is 30.2 Å². The smallest absolute Gasteiger partial charge is 0.245 e. The third kappa shape index (κ3) is 13.4. The van der Waals surface area contributed by atoms with Crippen LogP contribution in [0.5, 0.6) is 0 Å². The number of aromatic nitrogens is 1. The maximum Gasteiger partial charge on any atom is 0.245 e. The lowest BCUT2D eigenvalue weighted by atomic mass is 10.0. The van der Waals surface area contributed by atoms with Gasteiger partial charge in [-0.2, -0.15) is 0 Å². The van der Waals surface area contributed by atoms with Gasteiger partial charge in [-0.05, 0) is 74.9 Å². The highest BCUT2D eigenvalue weighted by Gasteiger charge is 2.36. The maximum absolute atomic E-state index is 14.5. The number of nitrogens with zero attached hydrogens (tertiary/aromatic N) is 1. The zero-order valence-corrected chi connectivity index (χ0v) is 34.6. The number of hydrogen-bond acceptors (Lipinski definition) is 9. The first-order chi connectivity index (χ1) is 29.5. The average molecular weight is 838 g/mol. The number of amides is 6. The molecule has 1 aliphatic rings. The summed E-state index contributed by atoms with van der Waals surface area (Å²) in [4.78, 5) is 90.2. The third-order valence-corrected chi connectivity index (χ3v) is 10.7. The van der Waals surface area contributed by atoms with E-state index in [1.807, 2.05) is 48.5 Å². The van der Waals surface area contributed by atoms with Crippen molar-refractivity contribution in [1.29, 1.82) is 0 Å². The minimum atomic E-state index is -1.54. The number of carbonyl (C=O) groups is 6. The van der Waals surface area contributed by atoms with Crippen LogP contribution in [-0.2, 0) is 48.0 Å². The Balaban J connectivity index is 1.57. The molecular formula is C45H59N9O7. The zero-order chi connectivity index (χ0) is 43.7. The number of aliphatic hydroxyl groups excluding tert-OH is 1. The first kappa shape index (κ1) is 46.0. The van der Waals surface area contributed by atoms with Crippen LogP contribution >= 0.6 is 0 Å². The van der Waals surface area contributed by atoms with E-state index in [1.165, 1.54) is 11.8 Å². The highest BCUT2D eigenvalue weighted by molar-refractivity contribution is 5.98. The van der Waals surface area contributed by atoms with E-state index in [2.05, 4.69) is 31.6 Å². The van der Waals surface area contributed by atoms with Crippen LogP contribution in [0.25, 0.3) is 10.9 Å². The molecule has 3 aromatic carbocycles. The molecule has 326 valence electrons. The first-order valence-electron chi connectivity index (χ1n) is 21.0. The Morgan fingerprint density at radius 3 is 1.80 bits per heavy atom. The van der Waals surface area contributed by atoms with Crippen molar-refractivity contribution < 1.29 is 33.9 Å². The van der Waals surface area contributed by atoms with Crippen molar-refractivity contribution in [2.24, 2.45) is 11.5 Å². The Kier molecular flexibility index (Phi) is 17.4. The summed E-state index contributed by atoms with van der Waals surface area (Å²) in [7, 11) is 0. The van der Waals surface area contributed by atoms with E-state index in [0.717, 1.165) is 16.5 Å². The highest BCUT2D eigenvalue weighted by atomic mass is 16.3. The largest absolute Gasteiger partial charge is 0.391 e. The molecule has 0 radical (unpaired) electrons. The molecule has 16 heteroatoms. The minimum absolute atomic E-state index is 0.00958. The van der Waals surface area contributed by atoms with Crippen molar-refractivity contribution >= 4 is 46.3 Å². The fourth-order valence-corrected chi connectivity index (χ4v) is 7.41. The van der Waals surface area contributed by atoms with Crippen molar-refractivity contribution in [2.45, 2.75) is 94.6 Å². The monoisotopic (exact) mass is 837 g/mol. The van der Waals surface area contributed by atoms with E-state index in [0.29, 0.717) is 49.9 Å². The fraction of sp³-hybridized carbons (Fsp3) is 0.422. The summed E-state index contributed by atoms with van der Waals surface area (Å²) in [5.74, 6) is -4.18. The number of aromatic amines is 1. The van der Waals surface area contributed by atoms with E-state index in [9.17, 15) is 33.9 Å². The zero-order valence-electron chi connectivity index (χ0n) is 34.6. The molecule has 2 heterocycles. The standard InChI is InChI=1S/C45H59N9O7/c1-29(55)40-44(60)52-38(25-31-16-6-3-7-17-31)45(61)54(23-13-12-22-47)28-39(56)49-36(24-30-14-4-2-5-15-30)42(58)51-37(26-32-27-48-34-19-9-8-18-33(32)34)43(59)50-35(41(57)53-40)20-10-11-21-46/h2-9,14-19,27,29,35-38,40,48,55H,10-13,20-26,28,46-47H2,1H3,(H,49,56)(H,50,59)(H,51,58)(H,52,60)(H,53,57)/t29-,35+,36+,37-,38+,40+/m1/s1. The van der Waals surface area contributed by atoms with Gasteiger partial charge in [-0.3, -0.25) is 28.8 Å². The quantitative estimate of drug-likeness (QED) is 0.0764. The van der Waals surface area contributed by atoms with Crippen LogP contribution < -0.4 is 38.1 Å². The van der Waals surface area contributed by atoms with Crippen molar-refractivity contribution in [2.75, 3.05) is 26.2 Å². The summed E-state index contributed by atoms with van der Waals surface area (Å²) in [6.45, 7) is 1.63. The van der Waals surface area contributed by atoms with Crippen molar-refractivity contribution in [3.8, 4) is 0 Å². The van der Waals surface area contributed by atoms with Gasteiger partial charge in [-0.25, -0.2) is 0 Å². The van der Waals surface area contributed by atoms with Crippen LogP contribution in [-0.4, -0.2) is 113 Å². The number of nitrogens with one attached hydrogen (secondary N) is 6. The minimum Gasteiger partial charge on any atom is -0.391 e. The van der Waals surface area contributed by atoms with Gasteiger partial charge in [0.2, 0.25) is 35.4 Å². The van der Waals surface area contributed by atoms with Crippen molar-refractivity contribution in [1.82, 2.24) is 36.5 Å². The normalized spacial score (nSPS) is 21.7. The highest BCUT2D eigenvalue weighted by Crippen LogP contribution is 2.20. The number of benzene rings is 3. The van der Waals surface area contributed by atoms with Crippen LogP contribution in [0.3, 0.4) is 0 Å². The van der Waals surface area contributed by atoms with Crippen LogP contribution in [0.15, 0.2) is 91.1 Å². The number of rotatable bonds is 15. The van der Waals surface area contributed by atoms with Gasteiger partial charge in [0, 0.05) is 42.9 Å². The van der Waals surface area contributed by atoms with Crippen LogP contribution in [0, 0.1) is 0 Å². The summed E-state index contributed by atoms with van der Waals surface area (Å²) in [6, 6.07) is 19.1. The van der Waals surface area contributed by atoms with E-state index >= 15 is 0 Å². The molecule has 0 spiro atoms. The summed E-state index contributed by atoms with van der Waals surface area (Å²) in [5, 5.41) is 25.6. The van der Waals surface area contributed by atoms with Gasteiger partial charge in [0.25, 0.3) is 0 Å². The average Bonchev–Trinajstić information content (AvgIpc) is 3.66. The fourth-order valence-electron chi connectivity index (χ4n) is 7.41. The van der Waals surface area contributed by atoms with Gasteiger partial charge in [0.05, 0.1) is 12.6 Å². The Hall–Kier alpha value is -6.10. The van der Waals surface area contributed by atoms with Gasteiger partial charge < -0.3 is 53.0 Å². The Morgan fingerprint density at radius 2 is 1.16 bits per heavy atom. The molecule has 16 nitrogen and oxygen atoms in total. The SMILES string of the molecule is C[C@@H](O)[C@@H]1NC(=O)[C@H](CCCCN)NC(=O)[C@@H](Cc2c[nH]c3ccccc23)NC(=O)[C@H](Cc2ccccc2)NC(=O)CN(CCCCN)C(=O)[C@H](Cc2ccccc2)NC1=O. The van der Waals surface area contributed by atoms with E-state index in [1.54, 1.807) is 42.6 Å². The number of para-hydroxylation sites is 1. The number of hydrogen-bond donors (Lipinski definition) is 9. The molecule has 1 fully saturated rings. The lowest BCUT2D eigenvalue weighted by Crippen LogP contribution is -2.62. The van der Waals surface area contributed by atoms with Crippen molar-refractivity contribution in [3.05, 3.63) is 108 Å². The number of unbranched alkanes of at least 4 members (excludes halogenated alkanes) is 2. The van der Waals surface area contributed by atoms with E-state index < -0.39 is 78.3 Å². The molecule has 0 unspecified atom stereocenters. The molecule has 0 aliphatic carbocycles. The van der Waals surface area contributed by atoms with Crippen LogP contribution in [0.1, 0.15) is 55.7 Å². The lowest BCUT2D eigenvalue weighted by molar-refractivity contribution is -0.141. The van der Waals surface area contributed by atoms with Gasteiger partial charge >= 0.3 is 0 Å². The van der Waals surface area contributed by atoms with E-state index in [4.69, 9.17) is 11.5 Å². The van der Waals surface area contributed by atoms with Crippen LogP contribution in [0.2, 0.25) is 0 Å². The number of aliphatic hydroxyl groups is 1. The number of fused-ring (bicyclic) bond motifs is 1. The van der Waals surface area contributed by atoms with Gasteiger partial charge in [0.15, 0.2) is 0 Å². The molecule has 11 N–H and O–H groups in total. The predicted octanol–water partition coefficient (Wildman–Crippen LogP) is 0.711. The van der Waals surface area contributed by atoms with E-state index in [-0.39, 0.29) is 32.2 Å². The Labute approximate surface area is 356 Å². The molecule has 5 rings (SSSR count). The molecule has 1 saturated heterocycles.